The molecule has 3 aromatic rings. The van der Waals surface area contributed by atoms with Crippen molar-refractivity contribution in [3.8, 4) is 0 Å². The number of nitrogens with zero attached hydrogens (tertiary/aromatic N) is 2. The summed E-state index contributed by atoms with van der Waals surface area (Å²) in [4.78, 5) is 33.2. The molecule has 1 unspecified atom stereocenters. The van der Waals surface area contributed by atoms with Crippen molar-refractivity contribution in [3.63, 3.8) is 0 Å². The van der Waals surface area contributed by atoms with E-state index in [-0.39, 0.29) is 17.1 Å². The number of benzene rings is 2. The number of hydrogen-bond acceptors (Lipinski definition) is 5. The number of carbonyl (C=O) groups is 2. The van der Waals surface area contributed by atoms with Gasteiger partial charge in [0, 0.05) is 5.02 Å². The highest BCUT2D eigenvalue weighted by Gasteiger charge is 2.23. The molecule has 138 valence electrons. The molecule has 3 rings (SSSR count). The van der Waals surface area contributed by atoms with E-state index in [0.29, 0.717) is 21.7 Å². The van der Waals surface area contributed by atoms with Crippen molar-refractivity contribution in [2.75, 3.05) is 5.32 Å². The summed E-state index contributed by atoms with van der Waals surface area (Å²) in [7, 11) is 0. The Balaban J connectivity index is 1.72. The number of halogens is 2. The van der Waals surface area contributed by atoms with Crippen molar-refractivity contribution >= 4 is 51.8 Å². The summed E-state index contributed by atoms with van der Waals surface area (Å²) in [5.41, 5.74) is 1.64. The number of carbonyl (C=O) groups excluding carboxylic acids is 2. The number of anilines is 1. The van der Waals surface area contributed by atoms with Gasteiger partial charge >= 0.3 is 5.97 Å². The van der Waals surface area contributed by atoms with Crippen LogP contribution in [0.3, 0.4) is 0 Å². The van der Waals surface area contributed by atoms with E-state index >= 15 is 0 Å². The number of nitrogens with one attached hydrogen (secondary N) is 1. The molecule has 0 spiro atoms. The summed E-state index contributed by atoms with van der Waals surface area (Å²) < 4.78 is 5.31. The Labute approximate surface area is 165 Å². The highest BCUT2D eigenvalue weighted by atomic mass is 35.5. The summed E-state index contributed by atoms with van der Waals surface area (Å²) in [6.07, 6.45) is 0.604. The Morgan fingerprint density at radius 1 is 1.15 bits per heavy atom. The zero-order chi connectivity index (χ0) is 19.4. The molecule has 27 heavy (non-hydrogen) atoms. The smallest absolute Gasteiger partial charge is 0.359 e. The van der Waals surface area contributed by atoms with Gasteiger partial charge in [0.2, 0.25) is 0 Å². The number of fused-ring (bicyclic) bond motifs is 1. The third kappa shape index (κ3) is 4.53. The zero-order valence-corrected chi connectivity index (χ0v) is 15.8. The minimum atomic E-state index is -1.00. The van der Waals surface area contributed by atoms with E-state index in [1.165, 1.54) is 12.3 Å². The maximum Gasteiger partial charge on any atom is 0.359 e. The number of hydrogen-bond donors (Lipinski definition) is 1. The number of para-hydroxylation sites is 2. The van der Waals surface area contributed by atoms with Crippen LogP contribution in [0.5, 0.6) is 0 Å². The summed E-state index contributed by atoms with van der Waals surface area (Å²) in [6, 6.07) is 11.8. The Morgan fingerprint density at radius 2 is 1.89 bits per heavy atom. The molecule has 0 saturated heterocycles. The van der Waals surface area contributed by atoms with E-state index in [1.807, 2.05) is 6.07 Å². The average Bonchev–Trinajstić information content (AvgIpc) is 2.67. The SMILES string of the molecule is CCC(OC(=O)c1cnc2ccccc2n1)C(=O)Nc1ccc(Cl)cc1Cl. The summed E-state index contributed by atoms with van der Waals surface area (Å²) in [5.74, 6) is -1.22. The average molecular weight is 404 g/mol. The van der Waals surface area contributed by atoms with Crippen molar-refractivity contribution in [3.05, 3.63) is 64.4 Å². The molecule has 1 aromatic heterocycles. The zero-order valence-electron chi connectivity index (χ0n) is 14.3. The standard InChI is InChI=1S/C19H15Cl2N3O3/c1-2-17(18(25)24-13-8-7-11(20)9-12(13)21)27-19(26)16-10-22-14-5-3-4-6-15(14)23-16/h3-10,17H,2H2,1H3,(H,24,25). The Kier molecular flexibility index (Phi) is 5.88. The fraction of sp³-hybridized carbons (Fsp3) is 0.158. The number of amides is 1. The molecule has 1 heterocycles. The molecule has 0 saturated carbocycles. The van der Waals surface area contributed by atoms with Crippen molar-refractivity contribution in [1.29, 1.82) is 0 Å². The van der Waals surface area contributed by atoms with E-state index in [9.17, 15) is 9.59 Å². The topological polar surface area (TPSA) is 81.2 Å². The number of rotatable bonds is 5. The first kappa shape index (κ1) is 19.1. The van der Waals surface area contributed by atoms with Gasteiger partial charge in [-0.2, -0.15) is 0 Å². The van der Waals surface area contributed by atoms with E-state index in [4.69, 9.17) is 27.9 Å². The predicted molar refractivity (Wildman–Crippen MR) is 104 cm³/mol. The molecule has 0 fully saturated rings. The quantitative estimate of drug-likeness (QED) is 0.633. The lowest BCUT2D eigenvalue weighted by Crippen LogP contribution is -2.32. The van der Waals surface area contributed by atoms with Gasteiger partial charge in [0.05, 0.1) is 27.9 Å². The minimum Gasteiger partial charge on any atom is -0.447 e. The number of esters is 1. The van der Waals surface area contributed by atoms with Crippen molar-refractivity contribution in [2.24, 2.45) is 0 Å². The Hall–Kier alpha value is -2.70. The normalized spacial score (nSPS) is 11.8. The predicted octanol–water partition coefficient (Wildman–Crippen LogP) is 4.51. The van der Waals surface area contributed by atoms with Crippen LogP contribution < -0.4 is 5.32 Å². The lowest BCUT2D eigenvalue weighted by Gasteiger charge is -2.16. The first-order valence-corrected chi connectivity index (χ1v) is 8.92. The molecular weight excluding hydrogens is 389 g/mol. The van der Waals surface area contributed by atoms with Crippen LogP contribution in [-0.4, -0.2) is 27.9 Å². The summed E-state index contributed by atoms with van der Waals surface area (Å²) >= 11 is 11.9. The van der Waals surface area contributed by atoms with Crippen LogP contribution in [0.4, 0.5) is 5.69 Å². The van der Waals surface area contributed by atoms with Crippen molar-refractivity contribution in [1.82, 2.24) is 9.97 Å². The molecule has 0 aliphatic rings. The van der Waals surface area contributed by atoms with Crippen LogP contribution in [0.25, 0.3) is 11.0 Å². The monoisotopic (exact) mass is 403 g/mol. The first-order valence-electron chi connectivity index (χ1n) is 8.16. The van der Waals surface area contributed by atoms with Gasteiger partial charge in [-0.05, 0) is 36.8 Å². The minimum absolute atomic E-state index is 0.0319. The van der Waals surface area contributed by atoms with Crippen LogP contribution in [0.2, 0.25) is 10.0 Å². The van der Waals surface area contributed by atoms with Crippen LogP contribution in [0, 0.1) is 0 Å². The van der Waals surface area contributed by atoms with Gasteiger partial charge < -0.3 is 10.1 Å². The van der Waals surface area contributed by atoms with Crippen molar-refractivity contribution < 1.29 is 14.3 Å². The lowest BCUT2D eigenvalue weighted by molar-refractivity contribution is -0.124. The van der Waals surface area contributed by atoms with E-state index in [0.717, 1.165) is 0 Å². The second-order valence-corrected chi connectivity index (χ2v) is 6.50. The van der Waals surface area contributed by atoms with Gasteiger partial charge in [0.15, 0.2) is 11.8 Å². The number of ether oxygens (including phenoxy) is 1. The molecule has 8 heteroatoms. The van der Waals surface area contributed by atoms with E-state index < -0.39 is 18.0 Å². The molecule has 2 aromatic carbocycles. The van der Waals surface area contributed by atoms with Gasteiger partial charge in [-0.3, -0.25) is 9.78 Å². The second kappa shape index (κ2) is 8.33. The fourth-order valence-electron chi connectivity index (χ4n) is 2.37. The van der Waals surface area contributed by atoms with Gasteiger partial charge in [0.25, 0.3) is 5.91 Å². The Morgan fingerprint density at radius 3 is 2.59 bits per heavy atom. The molecule has 0 bridgehead atoms. The van der Waals surface area contributed by atoms with Gasteiger partial charge in [-0.25, -0.2) is 9.78 Å². The molecule has 1 N–H and O–H groups in total. The molecule has 1 amide bonds. The highest BCUT2D eigenvalue weighted by molar-refractivity contribution is 6.36. The third-order valence-electron chi connectivity index (χ3n) is 3.76. The number of aromatic nitrogens is 2. The second-order valence-electron chi connectivity index (χ2n) is 5.66. The molecule has 0 aliphatic heterocycles. The van der Waals surface area contributed by atoms with Crippen molar-refractivity contribution in [2.45, 2.75) is 19.4 Å². The van der Waals surface area contributed by atoms with Crippen LogP contribution in [-0.2, 0) is 9.53 Å². The first-order chi connectivity index (χ1) is 13.0. The maximum absolute atomic E-state index is 12.4. The summed E-state index contributed by atoms with van der Waals surface area (Å²) in [5, 5.41) is 3.37. The molecule has 6 nitrogen and oxygen atoms in total. The van der Waals surface area contributed by atoms with Crippen LogP contribution in [0.1, 0.15) is 23.8 Å². The largest absolute Gasteiger partial charge is 0.447 e. The Bertz CT molecular complexity index is 1010. The summed E-state index contributed by atoms with van der Waals surface area (Å²) in [6.45, 7) is 1.73. The molecule has 0 radical (unpaired) electrons. The van der Waals surface area contributed by atoms with Gasteiger partial charge in [-0.15, -0.1) is 0 Å². The maximum atomic E-state index is 12.4. The van der Waals surface area contributed by atoms with Crippen LogP contribution >= 0.6 is 23.2 Å². The van der Waals surface area contributed by atoms with E-state index in [2.05, 4.69) is 15.3 Å². The lowest BCUT2D eigenvalue weighted by atomic mass is 10.2. The van der Waals surface area contributed by atoms with Crippen LogP contribution in [0.15, 0.2) is 48.7 Å². The van der Waals surface area contributed by atoms with E-state index in [1.54, 1.807) is 37.3 Å². The molecule has 1 atom stereocenters. The third-order valence-corrected chi connectivity index (χ3v) is 4.31. The molecular formula is C19H15Cl2N3O3. The fourth-order valence-corrected chi connectivity index (χ4v) is 2.83. The molecule has 0 aliphatic carbocycles. The van der Waals surface area contributed by atoms with Gasteiger partial charge in [-0.1, -0.05) is 42.3 Å². The highest BCUT2D eigenvalue weighted by Crippen LogP contribution is 2.25. The van der Waals surface area contributed by atoms with Gasteiger partial charge in [0.1, 0.15) is 0 Å².